The van der Waals surface area contributed by atoms with Gasteiger partial charge in [-0.25, -0.2) is 4.99 Å². The number of rotatable bonds is 2. The molecule has 4 rings (SSSR count). The first-order valence-electron chi connectivity index (χ1n) is 7.21. The van der Waals surface area contributed by atoms with Crippen molar-refractivity contribution < 1.29 is 0 Å². The largest absolute Gasteiger partial charge is 0.344 e. The van der Waals surface area contributed by atoms with Crippen molar-refractivity contribution in [3.05, 3.63) is 74.0 Å². The molecule has 0 bridgehead atoms. The van der Waals surface area contributed by atoms with Gasteiger partial charge in [0, 0.05) is 16.3 Å². The smallest absolute Gasteiger partial charge is 0.168 e. The van der Waals surface area contributed by atoms with E-state index in [9.17, 15) is 0 Å². The van der Waals surface area contributed by atoms with Crippen LogP contribution in [0.5, 0.6) is 0 Å². The summed E-state index contributed by atoms with van der Waals surface area (Å²) in [5.41, 5.74) is 1.86. The summed E-state index contributed by atoms with van der Waals surface area (Å²) in [4.78, 5) is 5.38. The van der Waals surface area contributed by atoms with Crippen LogP contribution in [-0.2, 0) is 0 Å². The lowest BCUT2D eigenvalue weighted by atomic mass is 10.1. The van der Waals surface area contributed by atoms with Gasteiger partial charge in [0.05, 0.1) is 0 Å². The second-order valence-electron chi connectivity index (χ2n) is 5.20. The van der Waals surface area contributed by atoms with Gasteiger partial charge in [0.15, 0.2) is 3.95 Å². The topological polar surface area (TPSA) is 29.3 Å². The Morgan fingerprint density at radius 3 is 2.50 bits per heavy atom. The highest BCUT2D eigenvalue weighted by atomic mass is 35.5. The summed E-state index contributed by atoms with van der Waals surface area (Å²) >= 11 is 19.7. The highest BCUT2D eigenvalue weighted by molar-refractivity contribution is 7.73. The molecule has 1 atom stereocenters. The van der Waals surface area contributed by atoms with E-state index in [0.29, 0.717) is 14.1 Å². The van der Waals surface area contributed by atoms with Gasteiger partial charge in [0.25, 0.3) is 0 Å². The van der Waals surface area contributed by atoms with Crippen LogP contribution in [0.1, 0.15) is 16.6 Å². The number of aliphatic imine (C=N–C) groups is 1. The van der Waals surface area contributed by atoms with Crippen LogP contribution in [0.3, 0.4) is 0 Å². The van der Waals surface area contributed by atoms with Crippen LogP contribution in [0.4, 0.5) is 5.82 Å². The Kier molecular flexibility index (Phi) is 4.18. The first-order valence-corrected chi connectivity index (χ1v) is 9.19. The van der Waals surface area contributed by atoms with Crippen molar-refractivity contribution in [2.45, 2.75) is 6.17 Å². The number of fused-ring (bicyclic) bond motifs is 1. The van der Waals surface area contributed by atoms with E-state index in [-0.39, 0.29) is 6.17 Å². The van der Waals surface area contributed by atoms with Gasteiger partial charge in [-0.2, -0.15) is 0 Å². The third-order valence-corrected chi connectivity index (χ3v) is 5.85. The molecule has 120 valence electrons. The molecule has 0 spiro atoms. The molecule has 1 N–H and O–H groups in total. The Balaban J connectivity index is 1.86. The number of aromatic nitrogens is 1. The third-order valence-electron chi connectivity index (χ3n) is 3.73. The van der Waals surface area contributed by atoms with Gasteiger partial charge in [-0.15, -0.1) is 0 Å². The second kappa shape index (κ2) is 6.33. The number of nitrogens with zero attached hydrogens (tertiary/aromatic N) is 2. The van der Waals surface area contributed by atoms with Crippen molar-refractivity contribution in [1.29, 1.82) is 0 Å². The highest BCUT2D eigenvalue weighted by Gasteiger charge is 2.27. The fourth-order valence-electron chi connectivity index (χ4n) is 2.63. The average molecular weight is 392 g/mol. The van der Waals surface area contributed by atoms with Crippen molar-refractivity contribution >= 4 is 57.7 Å². The number of halogens is 2. The molecule has 1 unspecified atom stereocenters. The maximum Gasteiger partial charge on any atom is 0.168 e. The fourth-order valence-corrected chi connectivity index (χ4v) is 4.47. The Morgan fingerprint density at radius 2 is 1.75 bits per heavy atom. The molecule has 0 saturated carbocycles. The molecule has 0 saturated heterocycles. The average Bonchev–Trinajstić information content (AvgIpc) is 2.93. The molecule has 1 aromatic heterocycles. The van der Waals surface area contributed by atoms with E-state index < -0.39 is 0 Å². The number of hydrogen-bond acceptors (Lipinski definition) is 4. The van der Waals surface area contributed by atoms with Crippen molar-refractivity contribution in [3.63, 3.8) is 0 Å². The van der Waals surface area contributed by atoms with E-state index in [4.69, 9.17) is 35.4 Å². The SMILES string of the molecule is S=c1sc2c(n1-c1ccccc1)NC(c1ccccc1Cl)N=C2Cl. The number of hydrogen-bond donors (Lipinski definition) is 1. The number of nitrogens with one attached hydrogen (secondary N) is 1. The summed E-state index contributed by atoms with van der Waals surface area (Å²) in [6.45, 7) is 0. The minimum Gasteiger partial charge on any atom is -0.344 e. The van der Waals surface area contributed by atoms with Crippen molar-refractivity contribution in [2.24, 2.45) is 4.99 Å². The van der Waals surface area contributed by atoms with Crippen LogP contribution in [0.2, 0.25) is 5.02 Å². The van der Waals surface area contributed by atoms with Crippen molar-refractivity contribution in [2.75, 3.05) is 5.32 Å². The van der Waals surface area contributed by atoms with Crippen molar-refractivity contribution in [1.82, 2.24) is 4.57 Å². The molecule has 0 aliphatic carbocycles. The summed E-state index contributed by atoms with van der Waals surface area (Å²) in [5, 5.41) is 4.51. The molecule has 1 aliphatic rings. The lowest BCUT2D eigenvalue weighted by Crippen LogP contribution is -2.19. The highest BCUT2D eigenvalue weighted by Crippen LogP contribution is 2.38. The Hall–Kier alpha value is -1.66. The van der Waals surface area contributed by atoms with Gasteiger partial charge in [0.1, 0.15) is 22.0 Å². The van der Waals surface area contributed by atoms with Gasteiger partial charge in [-0.1, -0.05) is 70.9 Å². The quantitative estimate of drug-likeness (QED) is 0.540. The number of benzene rings is 2. The summed E-state index contributed by atoms with van der Waals surface area (Å²) in [6, 6.07) is 17.5. The molecule has 0 amide bonds. The van der Waals surface area contributed by atoms with E-state index >= 15 is 0 Å². The van der Waals surface area contributed by atoms with E-state index in [0.717, 1.165) is 21.9 Å². The number of para-hydroxylation sites is 1. The standard InChI is InChI=1S/C17H11Cl2N3S2/c18-12-9-5-4-8-11(12)15-20-14(19)13-16(21-15)22(17(23)24-13)10-6-2-1-3-7-10/h1-9,15,21H. The Morgan fingerprint density at radius 1 is 1.04 bits per heavy atom. The molecular formula is C17H11Cl2N3S2. The van der Waals surface area contributed by atoms with Crippen LogP contribution in [0, 0.1) is 3.95 Å². The minimum absolute atomic E-state index is 0.349. The monoisotopic (exact) mass is 391 g/mol. The van der Waals surface area contributed by atoms with Crippen molar-refractivity contribution in [3.8, 4) is 5.69 Å². The Bertz CT molecular complexity index is 993. The first kappa shape index (κ1) is 15.8. The van der Waals surface area contributed by atoms with Gasteiger partial charge in [0.2, 0.25) is 0 Å². The van der Waals surface area contributed by atoms with E-state index in [1.165, 1.54) is 11.3 Å². The second-order valence-corrected chi connectivity index (χ2v) is 7.61. The number of thiazole rings is 1. The van der Waals surface area contributed by atoms with Gasteiger partial charge >= 0.3 is 0 Å². The Labute approximate surface area is 158 Å². The molecular weight excluding hydrogens is 381 g/mol. The van der Waals surface area contributed by atoms with Gasteiger partial charge in [-0.3, -0.25) is 4.57 Å². The predicted octanol–water partition coefficient (Wildman–Crippen LogP) is 6.03. The lowest BCUT2D eigenvalue weighted by molar-refractivity contribution is 0.814. The predicted molar refractivity (Wildman–Crippen MR) is 105 cm³/mol. The zero-order valence-electron chi connectivity index (χ0n) is 12.2. The molecule has 2 heterocycles. The lowest BCUT2D eigenvalue weighted by Gasteiger charge is -2.23. The fraction of sp³-hybridized carbons (Fsp3) is 0.0588. The minimum atomic E-state index is -0.349. The maximum atomic E-state index is 6.43. The van der Waals surface area contributed by atoms with Crippen LogP contribution in [0.15, 0.2) is 59.6 Å². The maximum absolute atomic E-state index is 6.43. The summed E-state index contributed by atoms with van der Waals surface area (Å²) in [7, 11) is 0. The van der Waals surface area contributed by atoms with Gasteiger partial charge < -0.3 is 5.32 Å². The van der Waals surface area contributed by atoms with Crippen LogP contribution in [-0.4, -0.2) is 9.74 Å². The zero-order chi connectivity index (χ0) is 16.7. The van der Waals surface area contributed by atoms with E-state index in [2.05, 4.69) is 10.3 Å². The molecule has 1 aliphatic heterocycles. The van der Waals surface area contributed by atoms with Crippen LogP contribution in [0.25, 0.3) is 5.69 Å². The van der Waals surface area contributed by atoms with Gasteiger partial charge in [-0.05, 0) is 30.4 Å². The van der Waals surface area contributed by atoms with Crippen LogP contribution < -0.4 is 5.32 Å². The molecule has 3 nitrogen and oxygen atoms in total. The molecule has 0 fully saturated rings. The van der Waals surface area contributed by atoms with E-state index in [1.54, 1.807) is 0 Å². The molecule has 24 heavy (non-hydrogen) atoms. The number of anilines is 1. The zero-order valence-corrected chi connectivity index (χ0v) is 15.4. The molecule has 3 aromatic rings. The molecule has 0 radical (unpaired) electrons. The van der Waals surface area contributed by atoms with Crippen LogP contribution >= 0.6 is 46.8 Å². The summed E-state index contributed by atoms with van der Waals surface area (Å²) < 4.78 is 2.70. The normalized spacial score (nSPS) is 16.2. The third kappa shape index (κ3) is 2.67. The first-order chi connectivity index (χ1) is 11.6. The van der Waals surface area contributed by atoms with E-state index in [1.807, 2.05) is 59.2 Å². The molecule has 7 heteroatoms. The summed E-state index contributed by atoms with van der Waals surface area (Å²) in [5.74, 6) is 0.848. The summed E-state index contributed by atoms with van der Waals surface area (Å²) in [6.07, 6.45) is -0.349. The molecule has 2 aromatic carbocycles.